The predicted molar refractivity (Wildman–Crippen MR) is 54.5 cm³/mol. The van der Waals surface area contributed by atoms with Gasteiger partial charge in [-0.1, -0.05) is 12.8 Å². The Morgan fingerprint density at radius 1 is 1.17 bits per heavy atom. The van der Waals surface area contributed by atoms with Crippen LogP contribution in [0.3, 0.4) is 0 Å². The predicted octanol–water partition coefficient (Wildman–Crippen LogP) is 3.09. The molecule has 0 nitrogen and oxygen atoms in total. The van der Waals surface area contributed by atoms with Crippen molar-refractivity contribution in [2.75, 3.05) is 0 Å². The van der Waals surface area contributed by atoms with Crippen LogP contribution in [-0.4, -0.2) is 0 Å². The molecule has 0 saturated carbocycles. The van der Waals surface area contributed by atoms with Crippen LogP contribution in [0.5, 0.6) is 0 Å². The van der Waals surface area contributed by atoms with Crippen molar-refractivity contribution < 1.29 is 0 Å². The maximum absolute atomic E-state index is 3.19. The summed E-state index contributed by atoms with van der Waals surface area (Å²) in [5.74, 6) is 12.7. The van der Waals surface area contributed by atoms with E-state index >= 15 is 0 Å². The lowest BCUT2D eigenvalue weighted by molar-refractivity contribution is 0.410. The van der Waals surface area contributed by atoms with Crippen molar-refractivity contribution in [3.8, 4) is 23.7 Å². The molecule has 0 aromatic carbocycles. The molecule has 1 atom stereocenters. The van der Waals surface area contributed by atoms with Gasteiger partial charge in [0.15, 0.2) is 0 Å². The van der Waals surface area contributed by atoms with Gasteiger partial charge in [0.1, 0.15) is 0 Å². The highest BCUT2D eigenvalue weighted by molar-refractivity contribution is 5.10. The molecule has 0 saturated heterocycles. The van der Waals surface area contributed by atoms with Crippen molar-refractivity contribution in [3.63, 3.8) is 0 Å². The van der Waals surface area contributed by atoms with Crippen LogP contribution in [0, 0.1) is 35.0 Å². The van der Waals surface area contributed by atoms with Crippen LogP contribution in [0.25, 0.3) is 0 Å². The number of hydrogen-bond acceptors (Lipinski definition) is 0. The molecule has 0 fully saturated rings. The summed E-state index contributed by atoms with van der Waals surface area (Å²) in [6.07, 6.45) is 1.05. The van der Waals surface area contributed by atoms with E-state index in [1.807, 2.05) is 13.8 Å². The molecule has 12 heavy (non-hydrogen) atoms. The Morgan fingerprint density at radius 2 is 1.75 bits per heavy atom. The van der Waals surface area contributed by atoms with Crippen molar-refractivity contribution >= 4 is 0 Å². The topological polar surface area (TPSA) is 0 Å². The molecule has 0 radical (unpaired) electrons. The summed E-state index contributed by atoms with van der Waals surface area (Å²) < 4.78 is 0. The first-order valence-electron chi connectivity index (χ1n) is 4.38. The van der Waals surface area contributed by atoms with E-state index in [-0.39, 0.29) is 5.41 Å². The first-order valence-corrected chi connectivity index (χ1v) is 4.38. The molecule has 0 heterocycles. The summed E-state index contributed by atoms with van der Waals surface area (Å²) in [5, 5.41) is 0. The standard InChI is InChI=1S/C12H18/c1-6-8-11(3)10-12(4,5)9-7-2/h11H,10H2,1-5H3. The third-order valence-corrected chi connectivity index (χ3v) is 1.67. The summed E-state index contributed by atoms with van der Waals surface area (Å²) in [7, 11) is 0. The highest BCUT2D eigenvalue weighted by Gasteiger charge is 2.16. The largest absolute Gasteiger partial charge is 0.106 e. The monoisotopic (exact) mass is 162 g/mol. The number of hydrogen-bond donors (Lipinski definition) is 0. The third-order valence-electron chi connectivity index (χ3n) is 1.67. The van der Waals surface area contributed by atoms with Gasteiger partial charge in [0, 0.05) is 11.3 Å². The normalized spacial score (nSPS) is 12.1. The first-order chi connectivity index (χ1) is 5.52. The Morgan fingerprint density at radius 3 is 2.17 bits per heavy atom. The van der Waals surface area contributed by atoms with E-state index < -0.39 is 0 Å². The molecule has 0 aliphatic heterocycles. The molecule has 0 aromatic heterocycles. The van der Waals surface area contributed by atoms with E-state index in [0.29, 0.717) is 5.92 Å². The first kappa shape index (κ1) is 11.1. The van der Waals surface area contributed by atoms with Gasteiger partial charge in [-0.25, -0.2) is 0 Å². The minimum Gasteiger partial charge on any atom is -0.106 e. The van der Waals surface area contributed by atoms with Crippen molar-refractivity contribution in [2.45, 2.75) is 41.0 Å². The quantitative estimate of drug-likeness (QED) is 0.547. The van der Waals surface area contributed by atoms with Crippen LogP contribution in [0.2, 0.25) is 0 Å². The smallest absolute Gasteiger partial charge is 0.0270 e. The van der Waals surface area contributed by atoms with Gasteiger partial charge in [0.05, 0.1) is 0 Å². The fourth-order valence-corrected chi connectivity index (χ4v) is 1.45. The van der Waals surface area contributed by atoms with Crippen LogP contribution < -0.4 is 0 Å². The zero-order valence-corrected chi connectivity index (χ0v) is 8.78. The van der Waals surface area contributed by atoms with Gasteiger partial charge in [-0.15, -0.1) is 17.8 Å². The zero-order valence-electron chi connectivity index (χ0n) is 8.78. The van der Waals surface area contributed by atoms with Gasteiger partial charge in [-0.2, -0.15) is 0 Å². The number of rotatable bonds is 2. The Balaban J connectivity index is 4.17. The molecule has 0 amide bonds. The second-order valence-electron chi connectivity index (χ2n) is 3.76. The van der Waals surface area contributed by atoms with Crippen LogP contribution in [0.4, 0.5) is 0 Å². The molecule has 0 N–H and O–H groups in total. The molecule has 0 rings (SSSR count). The zero-order chi connectivity index (χ0) is 9.61. The molecule has 0 aromatic rings. The highest BCUT2D eigenvalue weighted by Crippen LogP contribution is 2.23. The maximum atomic E-state index is 3.19. The van der Waals surface area contributed by atoms with Crippen LogP contribution in [0.1, 0.15) is 41.0 Å². The van der Waals surface area contributed by atoms with Crippen molar-refractivity contribution in [3.05, 3.63) is 0 Å². The third kappa shape index (κ3) is 4.86. The van der Waals surface area contributed by atoms with E-state index in [2.05, 4.69) is 44.5 Å². The van der Waals surface area contributed by atoms with Gasteiger partial charge < -0.3 is 0 Å². The fraction of sp³-hybridized carbons (Fsp3) is 0.667. The van der Waals surface area contributed by atoms with Crippen molar-refractivity contribution in [2.24, 2.45) is 11.3 Å². The maximum Gasteiger partial charge on any atom is 0.0270 e. The van der Waals surface area contributed by atoms with Crippen molar-refractivity contribution in [1.29, 1.82) is 0 Å². The van der Waals surface area contributed by atoms with Crippen LogP contribution in [0.15, 0.2) is 0 Å². The van der Waals surface area contributed by atoms with E-state index in [1.54, 1.807) is 0 Å². The Labute approximate surface area is 76.8 Å². The molecular formula is C12H18. The van der Waals surface area contributed by atoms with E-state index in [9.17, 15) is 0 Å². The summed E-state index contributed by atoms with van der Waals surface area (Å²) in [6.45, 7) is 10.2. The lowest BCUT2D eigenvalue weighted by Gasteiger charge is -2.19. The second-order valence-corrected chi connectivity index (χ2v) is 3.76. The average molecular weight is 162 g/mol. The van der Waals surface area contributed by atoms with Crippen LogP contribution >= 0.6 is 0 Å². The van der Waals surface area contributed by atoms with Gasteiger partial charge >= 0.3 is 0 Å². The summed E-state index contributed by atoms with van der Waals surface area (Å²) in [6, 6.07) is 0. The molecule has 0 bridgehead atoms. The lowest BCUT2D eigenvalue weighted by Crippen LogP contribution is -2.12. The fourth-order valence-electron chi connectivity index (χ4n) is 1.45. The van der Waals surface area contributed by atoms with E-state index in [0.717, 1.165) is 6.42 Å². The highest BCUT2D eigenvalue weighted by atomic mass is 14.2. The molecular weight excluding hydrogens is 144 g/mol. The second kappa shape index (κ2) is 4.89. The van der Waals surface area contributed by atoms with Gasteiger partial charge in [0.25, 0.3) is 0 Å². The van der Waals surface area contributed by atoms with Crippen molar-refractivity contribution in [1.82, 2.24) is 0 Å². The summed E-state index contributed by atoms with van der Waals surface area (Å²) >= 11 is 0. The Bertz CT molecular complexity index is 237. The molecule has 0 spiro atoms. The van der Waals surface area contributed by atoms with E-state index in [1.165, 1.54) is 0 Å². The Kier molecular flexibility index (Phi) is 4.53. The minimum absolute atomic E-state index is 0.109. The average Bonchev–Trinajstić information content (AvgIpc) is 1.85. The molecule has 0 heteroatoms. The lowest BCUT2D eigenvalue weighted by atomic mass is 9.84. The van der Waals surface area contributed by atoms with E-state index in [4.69, 9.17) is 0 Å². The SMILES string of the molecule is CC#CC(C)CC(C)(C)C#CC. The van der Waals surface area contributed by atoms with Crippen LogP contribution in [-0.2, 0) is 0 Å². The molecule has 66 valence electrons. The minimum atomic E-state index is 0.109. The molecule has 0 aliphatic rings. The molecule has 1 unspecified atom stereocenters. The van der Waals surface area contributed by atoms with Gasteiger partial charge in [-0.3, -0.25) is 0 Å². The Hall–Kier alpha value is -0.880. The molecule has 0 aliphatic carbocycles. The summed E-state index contributed by atoms with van der Waals surface area (Å²) in [5.41, 5.74) is 0.109. The van der Waals surface area contributed by atoms with Gasteiger partial charge in [0.2, 0.25) is 0 Å². The summed E-state index contributed by atoms with van der Waals surface area (Å²) in [4.78, 5) is 0. The van der Waals surface area contributed by atoms with Gasteiger partial charge in [-0.05, 0) is 34.1 Å².